The van der Waals surface area contributed by atoms with E-state index in [1.807, 2.05) is 30.3 Å². The maximum Gasteiger partial charge on any atom is 0.339 e. The van der Waals surface area contributed by atoms with Gasteiger partial charge in [-0.25, -0.2) is 4.79 Å². The van der Waals surface area contributed by atoms with Gasteiger partial charge in [0.15, 0.2) is 0 Å². The second kappa shape index (κ2) is 7.41. The third-order valence-electron chi connectivity index (χ3n) is 2.77. The summed E-state index contributed by atoms with van der Waals surface area (Å²) in [5.41, 5.74) is 7.77. The van der Waals surface area contributed by atoms with Gasteiger partial charge in [0.1, 0.15) is 0 Å². The molecule has 0 spiro atoms. The van der Waals surface area contributed by atoms with Gasteiger partial charge in [-0.3, -0.25) is 0 Å². The van der Waals surface area contributed by atoms with Gasteiger partial charge in [-0.05, 0) is 24.3 Å². The zero-order valence-corrected chi connectivity index (χ0v) is 12.4. The predicted octanol–water partition coefficient (Wildman–Crippen LogP) is 3.20. The Bertz CT molecular complexity index is 701. The predicted molar refractivity (Wildman–Crippen MR) is 86.2 cm³/mol. The van der Waals surface area contributed by atoms with Crippen molar-refractivity contribution in [1.29, 1.82) is 0 Å². The van der Waals surface area contributed by atoms with E-state index in [0.717, 1.165) is 10.6 Å². The molecule has 0 saturated heterocycles. The number of anilines is 1. The maximum atomic E-state index is 11.6. The molecule has 0 aromatic heterocycles. The van der Waals surface area contributed by atoms with Gasteiger partial charge in [-0.2, -0.15) is 0 Å². The molecule has 4 heteroatoms. The fraction of sp³-hybridized carbons (Fsp3) is 0.118. The third kappa shape index (κ3) is 4.04. The van der Waals surface area contributed by atoms with E-state index in [1.165, 1.54) is 7.11 Å². The molecular formula is C17H15NO2S. The molecule has 0 fully saturated rings. The number of methoxy groups -OCH3 is 1. The average molecular weight is 297 g/mol. The van der Waals surface area contributed by atoms with Crippen LogP contribution in [0.2, 0.25) is 0 Å². The molecule has 3 nitrogen and oxygen atoms in total. The molecule has 0 radical (unpaired) electrons. The average Bonchev–Trinajstić information content (AvgIpc) is 2.52. The first-order valence-corrected chi connectivity index (χ1v) is 7.34. The van der Waals surface area contributed by atoms with Crippen LogP contribution in [-0.4, -0.2) is 18.8 Å². The molecule has 2 N–H and O–H groups in total. The first-order valence-electron chi connectivity index (χ1n) is 6.36. The van der Waals surface area contributed by atoms with Crippen molar-refractivity contribution < 1.29 is 9.53 Å². The molecule has 0 heterocycles. The fourth-order valence-corrected chi connectivity index (χ4v) is 2.45. The monoisotopic (exact) mass is 297 g/mol. The summed E-state index contributed by atoms with van der Waals surface area (Å²) in [6, 6.07) is 14.8. The molecule has 0 atom stereocenters. The number of esters is 1. The summed E-state index contributed by atoms with van der Waals surface area (Å²) in [7, 11) is 1.36. The lowest BCUT2D eigenvalue weighted by Crippen LogP contribution is -2.03. The highest BCUT2D eigenvalue weighted by atomic mass is 32.2. The van der Waals surface area contributed by atoms with Crippen molar-refractivity contribution >= 4 is 23.4 Å². The molecule has 0 bridgehead atoms. The standard InChI is InChI=1S/C17H15NO2S/c1-20-17(19)14-9-3-2-7-13(14)8-6-12-21-16-11-5-4-10-15(16)18/h2-5,7,9-11H,12,18H2,1H3. The highest BCUT2D eigenvalue weighted by Crippen LogP contribution is 2.23. The van der Waals surface area contributed by atoms with E-state index in [9.17, 15) is 4.79 Å². The topological polar surface area (TPSA) is 52.3 Å². The van der Waals surface area contributed by atoms with Crippen LogP contribution < -0.4 is 5.73 Å². The van der Waals surface area contributed by atoms with Crippen LogP contribution in [0.25, 0.3) is 0 Å². The fourth-order valence-electron chi connectivity index (χ4n) is 1.74. The molecule has 0 aliphatic carbocycles. The molecule has 0 unspecified atom stereocenters. The van der Waals surface area contributed by atoms with Gasteiger partial charge < -0.3 is 10.5 Å². The molecule has 0 saturated carbocycles. The van der Waals surface area contributed by atoms with Crippen LogP contribution in [0.3, 0.4) is 0 Å². The molecular weight excluding hydrogens is 282 g/mol. The summed E-state index contributed by atoms with van der Waals surface area (Å²) in [6.45, 7) is 0. The van der Waals surface area contributed by atoms with Crippen molar-refractivity contribution in [2.75, 3.05) is 18.6 Å². The number of nitrogen functional groups attached to an aromatic ring is 1. The van der Waals surface area contributed by atoms with Crippen LogP contribution in [-0.2, 0) is 4.74 Å². The lowest BCUT2D eigenvalue weighted by Gasteiger charge is -2.02. The summed E-state index contributed by atoms with van der Waals surface area (Å²) in [4.78, 5) is 12.6. The lowest BCUT2D eigenvalue weighted by molar-refractivity contribution is 0.0600. The first kappa shape index (κ1) is 15.0. The number of thioether (sulfide) groups is 1. The van der Waals surface area contributed by atoms with Crippen LogP contribution in [0.15, 0.2) is 53.4 Å². The second-order valence-corrected chi connectivity index (χ2v) is 5.18. The second-order valence-electron chi connectivity index (χ2n) is 4.17. The summed E-state index contributed by atoms with van der Waals surface area (Å²) in [5.74, 6) is 6.28. The number of nitrogens with two attached hydrogens (primary N) is 1. The molecule has 0 amide bonds. The number of carbonyl (C=O) groups excluding carboxylic acids is 1. The van der Waals surface area contributed by atoms with E-state index in [0.29, 0.717) is 16.9 Å². The van der Waals surface area contributed by atoms with Crippen LogP contribution in [0, 0.1) is 11.8 Å². The van der Waals surface area contributed by atoms with Crippen molar-refractivity contribution in [3.63, 3.8) is 0 Å². The maximum absolute atomic E-state index is 11.6. The molecule has 0 aliphatic heterocycles. The SMILES string of the molecule is COC(=O)c1ccccc1C#CCSc1ccccc1N. The van der Waals surface area contributed by atoms with E-state index in [-0.39, 0.29) is 5.97 Å². The largest absolute Gasteiger partial charge is 0.465 e. The molecule has 2 aromatic rings. The Balaban J connectivity index is 2.07. The summed E-state index contributed by atoms with van der Waals surface area (Å²) in [6.07, 6.45) is 0. The normalized spacial score (nSPS) is 9.57. The highest BCUT2D eigenvalue weighted by molar-refractivity contribution is 7.99. The lowest BCUT2D eigenvalue weighted by atomic mass is 10.1. The van der Waals surface area contributed by atoms with Gasteiger partial charge in [-0.1, -0.05) is 36.1 Å². The molecule has 2 aromatic carbocycles. The smallest absolute Gasteiger partial charge is 0.339 e. The number of benzene rings is 2. The van der Waals surface area contributed by atoms with Gasteiger partial charge in [-0.15, -0.1) is 11.8 Å². The summed E-state index contributed by atoms with van der Waals surface area (Å²) >= 11 is 1.57. The van der Waals surface area contributed by atoms with Crippen molar-refractivity contribution in [3.05, 3.63) is 59.7 Å². The first-order chi connectivity index (χ1) is 10.2. The van der Waals surface area contributed by atoms with E-state index in [4.69, 9.17) is 10.5 Å². The Labute approximate surface area is 128 Å². The van der Waals surface area contributed by atoms with Crippen LogP contribution in [0.1, 0.15) is 15.9 Å². The van der Waals surface area contributed by atoms with E-state index in [1.54, 1.807) is 30.0 Å². The van der Waals surface area contributed by atoms with Crippen LogP contribution in [0.4, 0.5) is 5.69 Å². The summed E-state index contributed by atoms with van der Waals surface area (Å²) in [5, 5.41) is 0. The van der Waals surface area contributed by atoms with E-state index >= 15 is 0 Å². The third-order valence-corrected chi connectivity index (χ3v) is 3.75. The number of ether oxygens (including phenoxy) is 1. The zero-order chi connectivity index (χ0) is 15.1. The molecule has 2 rings (SSSR count). The van der Waals surface area contributed by atoms with Gasteiger partial charge in [0, 0.05) is 16.1 Å². The van der Waals surface area contributed by atoms with Crippen LogP contribution in [0.5, 0.6) is 0 Å². The summed E-state index contributed by atoms with van der Waals surface area (Å²) < 4.78 is 4.74. The Morgan fingerprint density at radius 1 is 1.19 bits per heavy atom. The van der Waals surface area contributed by atoms with Gasteiger partial charge in [0.2, 0.25) is 0 Å². The molecule has 21 heavy (non-hydrogen) atoms. The van der Waals surface area contributed by atoms with Gasteiger partial charge in [0.25, 0.3) is 0 Å². The van der Waals surface area contributed by atoms with E-state index < -0.39 is 0 Å². The Kier molecular flexibility index (Phi) is 5.30. The Hall–Kier alpha value is -2.38. The minimum Gasteiger partial charge on any atom is -0.465 e. The van der Waals surface area contributed by atoms with Crippen molar-refractivity contribution in [1.82, 2.24) is 0 Å². The molecule has 106 valence electrons. The number of para-hydroxylation sites is 1. The molecule has 0 aliphatic rings. The zero-order valence-electron chi connectivity index (χ0n) is 11.6. The van der Waals surface area contributed by atoms with Gasteiger partial charge in [0.05, 0.1) is 18.4 Å². The highest BCUT2D eigenvalue weighted by Gasteiger charge is 2.08. The minimum atomic E-state index is -0.375. The number of carbonyl (C=O) groups is 1. The van der Waals surface area contributed by atoms with Crippen molar-refractivity contribution in [2.24, 2.45) is 0 Å². The number of hydrogen-bond donors (Lipinski definition) is 1. The number of rotatable bonds is 3. The van der Waals surface area contributed by atoms with E-state index in [2.05, 4.69) is 11.8 Å². The van der Waals surface area contributed by atoms with Crippen molar-refractivity contribution in [2.45, 2.75) is 4.90 Å². The Morgan fingerprint density at radius 3 is 2.67 bits per heavy atom. The number of hydrogen-bond acceptors (Lipinski definition) is 4. The minimum absolute atomic E-state index is 0.375. The Morgan fingerprint density at radius 2 is 1.90 bits per heavy atom. The van der Waals surface area contributed by atoms with Crippen molar-refractivity contribution in [3.8, 4) is 11.8 Å². The quantitative estimate of drug-likeness (QED) is 0.409. The van der Waals surface area contributed by atoms with Gasteiger partial charge >= 0.3 is 5.97 Å². The van der Waals surface area contributed by atoms with Crippen LogP contribution >= 0.6 is 11.8 Å².